The number of benzene rings is 1. The van der Waals surface area contributed by atoms with Gasteiger partial charge in [-0.25, -0.2) is 14.4 Å². The Morgan fingerprint density at radius 3 is 2.11 bits per heavy atom. The Balaban J connectivity index is 3.00. The van der Waals surface area contributed by atoms with E-state index in [-0.39, 0.29) is 23.3 Å². The normalized spacial score (nSPS) is 9.58. The highest BCUT2D eigenvalue weighted by molar-refractivity contribution is 6.07. The van der Waals surface area contributed by atoms with E-state index in [4.69, 9.17) is 4.74 Å². The third-order valence-electron chi connectivity index (χ3n) is 2.18. The molecule has 0 bridgehead atoms. The second-order valence-electron chi connectivity index (χ2n) is 3.72. The molecule has 0 spiro atoms. The first kappa shape index (κ1) is 14.6. The van der Waals surface area contributed by atoms with Gasteiger partial charge in [-0.3, -0.25) is 0 Å². The van der Waals surface area contributed by atoms with Gasteiger partial charge in [0.25, 0.3) is 0 Å². The van der Waals surface area contributed by atoms with Crippen LogP contribution in [0.4, 0.5) is 0 Å². The average molecular weight is 262 g/mol. The molecule has 0 saturated heterocycles. The predicted octanol–water partition coefficient (Wildman–Crippen LogP) is 2.12. The van der Waals surface area contributed by atoms with E-state index < -0.39 is 17.9 Å². The van der Waals surface area contributed by atoms with Gasteiger partial charge < -0.3 is 9.47 Å². The first-order valence-corrected chi connectivity index (χ1v) is 5.65. The first-order chi connectivity index (χ1) is 8.97. The highest BCUT2D eigenvalue weighted by atomic mass is 16.6. The Bertz CT molecular complexity index is 530. The summed E-state index contributed by atoms with van der Waals surface area (Å²) in [6.07, 6.45) is 0. The minimum Gasteiger partial charge on any atom is -0.462 e. The smallest absolute Gasteiger partial charge is 0.346 e. The summed E-state index contributed by atoms with van der Waals surface area (Å²) in [5, 5.41) is 0. The molecule has 0 aliphatic rings. The lowest BCUT2D eigenvalue weighted by Gasteiger charge is -2.07. The van der Waals surface area contributed by atoms with Gasteiger partial charge in [-0.15, -0.1) is 0 Å². The van der Waals surface area contributed by atoms with Gasteiger partial charge in [0.2, 0.25) is 0 Å². The van der Waals surface area contributed by atoms with E-state index in [9.17, 15) is 14.4 Å². The van der Waals surface area contributed by atoms with Gasteiger partial charge in [0, 0.05) is 5.57 Å². The Morgan fingerprint density at radius 2 is 1.63 bits per heavy atom. The van der Waals surface area contributed by atoms with E-state index in [1.54, 1.807) is 19.1 Å². The highest BCUT2D eigenvalue weighted by Gasteiger charge is 2.21. The van der Waals surface area contributed by atoms with Gasteiger partial charge >= 0.3 is 17.9 Å². The summed E-state index contributed by atoms with van der Waals surface area (Å²) in [6.45, 7) is 6.64. The molecular weight excluding hydrogens is 248 g/mol. The number of rotatable bonds is 4. The Morgan fingerprint density at radius 1 is 1.11 bits per heavy atom. The van der Waals surface area contributed by atoms with Crippen LogP contribution in [0.1, 0.15) is 34.6 Å². The highest BCUT2D eigenvalue weighted by Crippen LogP contribution is 2.12. The fourth-order valence-electron chi connectivity index (χ4n) is 1.27. The lowest BCUT2D eigenvalue weighted by molar-refractivity contribution is -0.133. The third kappa shape index (κ3) is 3.77. The van der Waals surface area contributed by atoms with Crippen molar-refractivity contribution in [2.24, 2.45) is 0 Å². The molecule has 1 aromatic carbocycles. The molecule has 0 aromatic heterocycles. The summed E-state index contributed by atoms with van der Waals surface area (Å²) in [6, 6.07) is 5.97. The van der Waals surface area contributed by atoms with Crippen LogP contribution in [-0.4, -0.2) is 24.5 Å². The van der Waals surface area contributed by atoms with Crippen LogP contribution in [0.15, 0.2) is 36.4 Å². The van der Waals surface area contributed by atoms with E-state index in [1.807, 2.05) is 0 Å². The van der Waals surface area contributed by atoms with Crippen molar-refractivity contribution in [3.63, 3.8) is 0 Å². The Hall–Kier alpha value is -2.43. The lowest BCUT2D eigenvalue weighted by Crippen LogP contribution is -2.17. The van der Waals surface area contributed by atoms with Crippen LogP contribution in [0, 0.1) is 0 Å². The van der Waals surface area contributed by atoms with Crippen molar-refractivity contribution in [2.75, 3.05) is 6.61 Å². The van der Waals surface area contributed by atoms with Crippen molar-refractivity contribution in [2.45, 2.75) is 13.8 Å². The molecule has 5 nitrogen and oxygen atoms in total. The second kappa shape index (κ2) is 6.49. The monoisotopic (exact) mass is 262 g/mol. The Labute approximate surface area is 110 Å². The van der Waals surface area contributed by atoms with Crippen molar-refractivity contribution in [1.82, 2.24) is 0 Å². The number of ether oxygens (including phenoxy) is 2. The molecule has 0 atom stereocenters. The molecule has 5 heteroatoms. The van der Waals surface area contributed by atoms with Crippen LogP contribution in [-0.2, 0) is 14.3 Å². The summed E-state index contributed by atoms with van der Waals surface area (Å²) >= 11 is 0. The molecule has 0 saturated carbocycles. The quantitative estimate of drug-likeness (QED) is 0.472. The standard InChI is InChI=1S/C14H14O5/c1-4-18-13(16)10-7-5-6-8-11(10)14(17)19-12(15)9(2)3/h5-8H,2,4H2,1,3H3. The molecule has 0 amide bonds. The maximum Gasteiger partial charge on any atom is 0.346 e. The van der Waals surface area contributed by atoms with Gasteiger partial charge in [-0.05, 0) is 26.0 Å². The largest absolute Gasteiger partial charge is 0.462 e. The van der Waals surface area contributed by atoms with Crippen LogP contribution in [0.25, 0.3) is 0 Å². The molecule has 19 heavy (non-hydrogen) atoms. The van der Waals surface area contributed by atoms with Gasteiger partial charge in [0.1, 0.15) is 0 Å². The van der Waals surface area contributed by atoms with Crippen LogP contribution in [0.5, 0.6) is 0 Å². The zero-order valence-corrected chi connectivity index (χ0v) is 10.8. The lowest BCUT2D eigenvalue weighted by atomic mass is 10.1. The molecule has 0 aliphatic carbocycles. The molecule has 0 fully saturated rings. The first-order valence-electron chi connectivity index (χ1n) is 5.65. The fourth-order valence-corrected chi connectivity index (χ4v) is 1.27. The summed E-state index contributed by atoms with van der Waals surface area (Å²) < 4.78 is 9.40. The zero-order chi connectivity index (χ0) is 14.4. The maximum absolute atomic E-state index is 11.8. The maximum atomic E-state index is 11.8. The van der Waals surface area contributed by atoms with Crippen molar-refractivity contribution in [1.29, 1.82) is 0 Å². The van der Waals surface area contributed by atoms with Crippen molar-refractivity contribution < 1.29 is 23.9 Å². The molecule has 100 valence electrons. The van der Waals surface area contributed by atoms with Crippen LogP contribution < -0.4 is 0 Å². The van der Waals surface area contributed by atoms with Gasteiger partial charge in [0.05, 0.1) is 17.7 Å². The van der Waals surface area contributed by atoms with E-state index in [1.165, 1.54) is 19.1 Å². The molecule has 0 aliphatic heterocycles. The Kier molecular flexibility index (Phi) is 5.00. The molecule has 0 heterocycles. The molecule has 1 aromatic rings. The number of hydrogen-bond donors (Lipinski definition) is 0. The van der Waals surface area contributed by atoms with Crippen molar-refractivity contribution in [3.05, 3.63) is 47.5 Å². The van der Waals surface area contributed by atoms with Gasteiger partial charge in [-0.1, -0.05) is 18.7 Å². The van der Waals surface area contributed by atoms with Crippen molar-refractivity contribution >= 4 is 17.9 Å². The van der Waals surface area contributed by atoms with Crippen LogP contribution >= 0.6 is 0 Å². The van der Waals surface area contributed by atoms with Crippen LogP contribution in [0.2, 0.25) is 0 Å². The van der Waals surface area contributed by atoms with Crippen molar-refractivity contribution in [3.8, 4) is 0 Å². The summed E-state index contributed by atoms with van der Waals surface area (Å²) in [4.78, 5) is 34.7. The minimum atomic E-state index is -0.906. The zero-order valence-electron chi connectivity index (χ0n) is 10.8. The topological polar surface area (TPSA) is 69.7 Å². The van der Waals surface area contributed by atoms with Gasteiger partial charge in [-0.2, -0.15) is 0 Å². The molecule has 0 N–H and O–H groups in total. The molecule has 0 radical (unpaired) electrons. The fraction of sp³-hybridized carbons (Fsp3) is 0.214. The summed E-state index contributed by atoms with van der Waals surface area (Å²) in [7, 11) is 0. The number of hydrogen-bond acceptors (Lipinski definition) is 5. The van der Waals surface area contributed by atoms with E-state index >= 15 is 0 Å². The number of carbonyl (C=O) groups is 3. The second-order valence-corrected chi connectivity index (χ2v) is 3.72. The van der Waals surface area contributed by atoms with Crippen LogP contribution in [0.3, 0.4) is 0 Å². The molecule has 1 rings (SSSR count). The van der Waals surface area contributed by atoms with E-state index in [2.05, 4.69) is 11.3 Å². The SMILES string of the molecule is C=C(C)C(=O)OC(=O)c1ccccc1C(=O)OCC. The predicted molar refractivity (Wildman–Crippen MR) is 67.6 cm³/mol. The van der Waals surface area contributed by atoms with E-state index in [0.29, 0.717) is 0 Å². The summed E-state index contributed by atoms with van der Waals surface area (Å²) in [5.74, 6) is -2.38. The molecule has 0 unspecified atom stereocenters. The minimum absolute atomic E-state index is 0.0180. The molecular formula is C14H14O5. The average Bonchev–Trinajstić information content (AvgIpc) is 2.38. The van der Waals surface area contributed by atoms with Gasteiger partial charge in [0.15, 0.2) is 0 Å². The van der Waals surface area contributed by atoms with E-state index in [0.717, 1.165) is 0 Å². The third-order valence-corrected chi connectivity index (χ3v) is 2.18. The number of esters is 3. The summed E-state index contributed by atoms with van der Waals surface area (Å²) in [5.41, 5.74) is 0.140. The number of carbonyl (C=O) groups excluding carboxylic acids is 3.